The summed E-state index contributed by atoms with van der Waals surface area (Å²) in [6, 6.07) is 6.67. The summed E-state index contributed by atoms with van der Waals surface area (Å²) in [4.78, 5) is 19.9. The topological polar surface area (TPSA) is 54.9 Å². The standard InChI is InChI=1S/C19H22F3N3OS/c1-11-7-3-5-9-14(11)23-16(26)12(2)27-17-13-8-4-6-10-15(13)24-18(25-17)19(20,21)22/h4,6,8,10-12,14H,3,5,7,9H2,1-2H3,(H,23,26)/t11-,12+,14+/m0/s1. The normalized spacial score (nSPS) is 21.8. The number of nitrogens with one attached hydrogen (secondary N) is 1. The fourth-order valence-corrected chi connectivity index (χ4v) is 4.26. The molecular formula is C19H22F3N3OS. The summed E-state index contributed by atoms with van der Waals surface area (Å²) < 4.78 is 39.4. The van der Waals surface area contributed by atoms with E-state index in [1.807, 2.05) is 0 Å². The third-order valence-corrected chi connectivity index (χ3v) is 6.02. The Labute approximate surface area is 160 Å². The molecule has 0 aliphatic heterocycles. The largest absolute Gasteiger partial charge is 0.451 e. The molecule has 1 fully saturated rings. The number of hydrogen-bond acceptors (Lipinski definition) is 4. The molecule has 27 heavy (non-hydrogen) atoms. The average molecular weight is 397 g/mol. The Morgan fingerprint density at radius 3 is 2.63 bits per heavy atom. The molecule has 1 aliphatic rings. The van der Waals surface area contributed by atoms with E-state index < -0.39 is 17.3 Å². The summed E-state index contributed by atoms with van der Waals surface area (Å²) in [6.45, 7) is 3.81. The molecule has 1 N–H and O–H groups in total. The van der Waals surface area contributed by atoms with E-state index in [0.29, 0.717) is 11.3 Å². The first-order chi connectivity index (χ1) is 12.8. The first-order valence-corrected chi connectivity index (χ1v) is 9.94. The smallest absolute Gasteiger partial charge is 0.352 e. The average Bonchev–Trinajstić information content (AvgIpc) is 2.62. The monoisotopic (exact) mass is 397 g/mol. The van der Waals surface area contributed by atoms with Crippen molar-refractivity contribution in [3.05, 3.63) is 30.1 Å². The van der Waals surface area contributed by atoms with Crippen molar-refractivity contribution in [2.24, 2.45) is 5.92 Å². The van der Waals surface area contributed by atoms with Gasteiger partial charge >= 0.3 is 6.18 Å². The number of nitrogens with zero attached hydrogens (tertiary/aromatic N) is 2. The van der Waals surface area contributed by atoms with Crippen molar-refractivity contribution >= 4 is 28.6 Å². The Kier molecular flexibility index (Phi) is 5.93. The van der Waals surface area contributed by atoms with E-state index in [1.54, 1.807) is 25.1 Å². The van der Waals surface area contributed by atoms with Crippen LogP contribution >= 0.6 is 11.8 Å². The van der Waals surface area contributed by atoms with Gasteiger partial charge in [-0.2, -0.15) is 13.2 Å². The lowest BCUT2D eigenvalue weighted by Gasteiger charge is -2.30. The highest BCUT2D eigenvalue weighted by molar-refractivity contribution is 8.00. The number of carbonyl (C=O) groups excluding carboxylic acids is 1. The summed E-state index contributed by atoms with van der Waals surface area (Å²) in [5, 5.41) is 3.19. The number of fused-ring (bicyclic) bond motifs is 1. The molecule has 1 saturated carbocycles. The van der Waals surface area contributed by atoms with E-state index in [4.69, 9.17) is 0 Å². The van der Waals surface area contributed by atoms with Gasteiger partial charge in [0.25, 0.3) is 0 Å². The zero-order chi connectivity index (χ0) is 19.6. The molecular weight excluding hydrogens is 375 g/mol. The maximum atomic E-state index is 13.1. The molecule has 0 saturated heterocycles. The van der Waals surface area contributed by atoms with Gasteiger partial charge in [-0.25, -0.2) is 9.97 Å². The second-order valence-electron chi connectivity index (χ2n) is 7.00. The number of para-hydroxylation sites is 1. The number of alkyl halides is 3. The van der Waals surface area contributed by atoms with Crippen molar-refractivity contribution in [3.63, 3.8) is 0 Å². The minimum absolute atomic E-state index is 0.127. The SMILES string of the molecule is C[C@@H](Sc1nc(C(F)(F)F)nc2ccccc12)C(=O)N[C@@H]1CCCC[C@@H]1C. The van der Waals surface area contributed by atoms with Crippen molar-refractivity contribution in [2.45, 2.75) is 62.0 Å². The number of halogens is 3. The Morgan fingerprint density at radius 2 is 1.93 bits per heavy atom. The highest BCUT2D eigenvalue weighted by atomic mass is 32.2. The van der Waals surface area contributed by atoms with Crippen molar-refractivity contribution in [1.29, 1.82) is 0 Å². The lowest BCUT2D eigenvalue weighted by Crippen LogP contribution is -2.44. The van der Waals surface area contributed by atoms with Crippen LogP contribution in [0, 0.1) is 5.92 Å². The minimum Gasteiger partial charge on any atom is -0.352 e. The number of thioether (sulfide) groups is 1. The van der Waals surface area contributed by atoms with Gasteiger partial charge in [-0.05, 0) is 31.7 Å². The number of amides is 1. The number of benzene rings is 1. The Balaban J connectivity index is 1.81. The first kappa shape index (κ1) is 19.9. The second kappa shape index (κ2) is 8.04. The van der Waals surface area contributed by atoms with Crippen LogP contribution in [0.4, 0.5) is 13.2 Å². The van der Waals surface area contributed by atoms with Gasteiger partial charge in [0.2, 0.25) is 11.7 Å². The first-order valence-electron chi connectivity index (χ1n) is 9.06. The fraction of sp³-hybridized carbons (Fsp3) is 0.526. The summed E-state index contributed by atoms with van der Waals surface area (Å²) in [5.74, 6) is -0.941. The molecule has 8 heteroatoms. The molecule has 1 heterocycles. The Morgan fingerprint density at radius 1 is 1.22 bits per heavy atom. The zero-order valence-corrected chi connectivity index (χ0v) is 16.0. The highest BCUT2D eigenvalue weighted by Crippen LogP contribution is 2.34. The summed E-state index contributed by atoms with van der Waals surface area (Å²) >= 11 is 1.04. The van der Waals surface area contributed by atoms with Crippen LogP contribution in [0.15, 0.2) is 29.3 Å². The molecule has 1 aliphatic carbocycles. The molecule has 3 rings (SSSR count). The molecule has 1 aromatic carbocycles. The van der Waals surface area contributed by atoms with Gasteiger partial charge in [-0.15, -0.1) is 0 Å². The van der Waals surface area contributed by atoms with Crippen LogP contribution < -0.4 is 5.32 Å². The maximum Gasteiger partial charge on any atom is 0.451 e. The molecule has 1 aromatic heterocycles. The van der Waals surface area contributed by atoms with Gasteiger partial charge < -0.3 is 5.32 Å². The van der Waals surface area contributed by atoms with Crippen molar-refractivity contribution < 1.29 is 18.0 Å². The maximum absolute atomic E-state index is 13.1. The molecule has 1 amide bonds. The third kappa shape index (κ3) is 4.72. The van der Waals surface area contributed by atoms with Crippen LogP contribution in [-0.2, 0) is 11.0 Å². The highest BCUT2D eigenvalue weighted by Gasteiger charge is 2.36. The molecule has 146 valence electrons. The van der Waals surface area contributed by atoms with Gasteiger partial charge in [-0.1, -0.05) is 49.7 Å². The molecule has 3 atom stereocenters. The van der Waals surface area contributed by atoms with Crippen LogP contribution in [0.5, 0.6) is 0 Å². The van der Waals surface area contributed by atoms with E-state index in [0.717, 1.165) is 31.0 Å². The number of aromatic nitrogens is 2. The predicted molar refractivity (Wildman–Crippen MR) is 99.4 cm³/mol. The number of hydrogen-bond donors (Lipinski definition) is 1. The van der Waals surface area contributed by atoms with Crippen LogP contribution in [0.2, 0.25) is 0 Å². The second-order valence-corrected chi connectivity index (χ2v) is 8.33. The van der Waals surface area contributed by atoms with E-state index in [1.165, 1.54) is 12.5 Å². The van der Waals surface area contributed by atoms with Gasteiger partial charge in [0.15, 0.2) is 0 Å². The van der Waals surface area contributed by atoms with Crippen LogP contribution in [-0.4, -0.2) is 27.2 Å². The van der Waals surface area contributed by atoms with Crippen molar-refractivity contribution in [1.82, 2.24) is 15.3 Å². The lowest BCUT2D eigenvalue weighted by molar-refractivity contribution is -0.145. The minimum atomic E-state index is -4.64. The van der Waals surface area contributed by atoms with E-state index in [9.17, 15) is 18.0 Å². The van der Waals surface area contributed by atoms with Gasteiger partial charge in [0.1, 0.15) is 5.03 Å². The van der Waals surface area contributed by atoms with Crippen molar-refractivity contribution in [3.8, 4) is 0 Å². The van der Waals surface area contributed by atoms with E-state index in [-0.39, 0.29) is 22.5 Å². The molecule has 0 bridgehead atoms. The summed E-state index contributed by atoms with van der Waals surface area (Å²) in [7, 11) is 0. The van der Waals surface area contributed by atoms with Crippen LogP contribution in [0.25, 0.3) is 10.9 Å². The predicted octanol–water partition coefficient (Wildman–Crippen LogP) is 4.82. The van der Waals surface area contributed by atoms with Gasteiger partial charge in [-0.3, -0.25) is 4.79 Å². The van der Waals surface area contributed by atoms with E-state index >= 15 is 0 Å². The summed E-state index contributed by atoms with van der Waals surface area (Å²) in [5.41, 5.74) is 0.218. The van der Waals surface area contributed by atoms with Crippen LogP contribution in [0.3, 0.4) is 0 Å². The number of rotatable bonds is 4. The third-order valence-electron chi connectivity index (χ3n) is 4.92. The molecule has 2 aromatic rings. The number of carbonyl (C=O) groups is 1. The Bertz CT molecular complexity index is 827. The quantitative estimate of drug-likeness (QED) is 0.593. The molecule has 0 unspecified atom stereocenters. The van der Waals surface area contributed by atoms with Crippen LogP contribution in [0.1, 0.15) is 45.4 Å². The van der Waals surface area contributed by atoms with E-state index in [2.05, 4.69) is 22.2 Å². The molecule has 0 radical (unpaired) electrons. The molecule has 4 nitrogen and oxygen atoms in total. The fourth-order valence-electron chi connectivity index (χ4n) is 3.32. The van der Waals surface area contributed by atoms with Crippen molar-refractivity contribution in [2.75, 3.05) is 0 Å². The van der Waals surface area contributed by atoms with Gasteiger partial charge in [0, 0.05) is 11.4 Å². The lowest BCUT2D eigenvalue weighted by atomic mass is 9.86. The van der Waals surface area contributed by atoms with Gasteiger partial charge in [0.05, 0.1) is 10.8 Å². The molecule has 0 spiro atoms. The zero-order valence-electron chi connectivity index (χ0n) is 15.2. The summed E-state index contributed by atoms with van der Waals surface area (Å²) in [6.07, 6.45) is -0.355. The Hall–Kier alpha value is -1.83.